The maximum Gasteiger partial charge on any atom is 0.0715 e. The molecule has 3 heteroatoms. The van der Waals surface area contributed by atoms with Crippen LogP contribution in [0.25, 0.3) is 0 Å². The molecule has 0 radical (unpaired) electrons. The Hall–Kier alpha value is -0.380. The van der Waals surface area contributed by atoms with E-state index in [1.54, 1.807) is 7.11 Å². The van der Waals surface area contributed by atoms with E-state index in [-0.39, 0.29) is 12.5 Å². The van der Waals surface area contributed by atoms with Crippen molar-refractivity contribution in [2.45, 2.75) is 19.4 Å². The van der Waals surface area contributed by atoms with E-state index in [4.69, 9.17) is 9.84 Å². The van der Waals surface area contributed by atoms with Crippen LogP contribution < -0.4 is 0 Å². The highest BCUT2D eigenvalue weighted by molar-refractivity contribution is 9.10. The van der Waals surface area contributed by atoms with Crippen LogP contribution in [0.15, 0.2) is 22.7 Å². The fourth-order valence-corrected chi connectivity index (χ4v) is 1.79. The van der Waals surface area contributed by atoms with Gasteiger partial charge in [0.2, 0.25) is 0 Å². The molecule has 1 atom stereocenters. The van der Waals surface area contributed by atoms with Crippen molar-refractivity contribution in [1.29, 1.82) is 0 Å². The zero-order valence-electron chi connectivity index (χ0n) is 8.46. The quantitative estimate of drug-likeness (QED) is 0.900. The summed E-state index contributed by atoms with van der Waals surface area (Å²) in [7, 11) is 1.68. The van der Waals surface area contributed by atoms with Gasteiger partial charge in [-0.1, -0.05) is 28.9 Å². The molecule has 0 bridgehead atoms. The lowest BCUT2D eigenvalue weighted by Crippen LogP contribution is -2.04. The van der Waals surface area contributed by atoms with Crippen LogP contribution >= 0.6 is 15.9 Å². The summed E-state index contributed by atoms with van der Waals surface area (Å²) in [5.41, 5.74) is 2.28. The third-order valence-electron chi connectivity index (χ3n) is 2.21. The summed E-state index contributed by atoms with van der Waals surface area (Å²) in [6.07, 6.45) is 0. The summed E-state index contributed by atoms with van der Waals surface area (Å²) >= 11 is 3.42. The second-order valence-corrected chi connectivity index (χ2v) is 4.28. The average Bonchev–Trinajstić information content (AvgIpc) is 2.20. The number of aliphatic hydroxyl groups is 1. The Kier molecular flexibility index (Phi) is 4.58. The van der Waals surface area contributed by atoms with Gasteiger partial charge in [-0.05, 0) is 23.3 Å². The number of aliphatic hydroxyl groups excluding tert-OH is 1. The second kappa shape index (κ2) is 5.49. The smallest absolute Gasteiger partial charge is 0.0715 e. The molecule has 0 aliphatic heterocycles. The van der Waals surface area contributed by atoms with Crippen LogP contribution in [0.4, 0.5) is 0 Å². The lowest BCUT2D eigenvalue weighted by Gasteiger charge is -2.14. The van der Waals surface area contributed by atoms with Gasteiger partial charge in [-0.25, -0.2) is 0 Å². The summed E-state index contributed by atoms with van der Waals surface area (Å²) in [4.78, 5) is 0. The van der Waals surface area contributed by atoms with Crippen LogP contribution in [0.3, 0.4) is 0 Å². The Morgan fingerprint density at radius 3 is 2.79 bits per heavy atom. The van der Waals surface area contributed by atoms with Gasteiger partial charge < -0.3 is 9.84 Å². The van der Waals surface area contributed by atoms with Crippen LogP contribution in [0.1, 0.15) is 24.0 Å². The van der Waals surface area contributed by atoms with Gasteiger partial charge in [0.05, 0.1) is 6.61 Å². The third-order valence-corrected chi connectivity index (χ3v) is 2.71. The van der Waals surface area contributed by atoms with Crippen LogP contribution in [0.5, 0.6) is 0 Å². The topological polar surface area (TPSA) is 29.5 Å². The van der Waals surface area contributed by atoms with Crippen molar-refractivity contribution in [3.8, 4) is 0 Å². The molecule has 1 aromatic carbocycles. The molecule has 1 aromatic rings. The molecule has 0 amide bonds. The third kappa shape index (κ3) is 2.80. The molecule has 0 spiro atoms. The lowest BCUT2D eigenvalue weighted by atomic mass is 9.97. The standard InChI is InChI=1S/C11H15BrO2/c1-8(6-13)11-5-10(12)4-3-9(11)7-14-2/h3-5,8,13H,6-7H2,1-2H3. The van der Waals surface area contributed by atoms with E-state index >= 15 is 0 Å². The summed E-state index contributed by atoms with van der Waals surface area (Å²) in [5, 5.41) is 9.12. The molecule has 0 saturated carbocycles. The highest BCUT2D eigenvalue weighted by Gasteiger charge is 2.09. The molecule has 0 aliphatic rings. The minimum absolute atomic E-state index is 0.151. The van der Waals surface area contributed by atoms with Gasteiger partial charge in [0.15, 0.2) is 0 Å². The Bertz CT molecular complexity index is 299. The van der Waals surface area contributed by atoms with Crippen LogP contribution in [0, 0.1) is 0 Å². The van der Waals surface area contributed by atoms with Crippen molar-refractivity contribution in [1.82, 2.24) is 0 Å². The largest absolute Gasteiger partial charge is 0.396 e. The van der Waals surface area contributed by atoms with Crippen LogP contribution in [0.2, 0.25) is 0 Å². The molecule has 1 N–H and O–H groups in total. The molecule has 2 nitrogen and oxygen atoms in total. The Labute approximate surface area is 93.0 Å². The highest BCUT2D eigenvalue weighted by Crippen LogP contribution is 2.24. The number of hydrogen-bond donors (Lipinski definition) is 1. The highest BCUT2D eigenvalue weighted by atomic mass is 79.9. The first-order valence-electron chi connectivity index (χ1n) is 4.57. The fourth-order valence-electron chi connectivity index (χ4n) is 1.41. The zero-order chi connectivity index (χ0) is 10.6. The molecule has 0 aliphatic carbocycles. The maximum absolute atomic E-state index is 9.12. The Morgan fingerprint density at radius 2 is 2.21 bits per heavy atom. The number of halogens is 1. The van der Waals surface area contributed by atoms with Crippen LogP contribution in [-0.4, -0.2) is 18.8 Å². The number of rotatable bonds is 4. The Balaban J connectivity index is 3.02. The van der Waals surface area contributed by atoms with E-state index < -0.39 is 0 Å². The van der Waals surface area contributed by atoms with Gasteiger partial charge in [0, 0.05) is 24.1 Å². The fraction of sp³-hybridized carbons (Fsp3) is 0.455. The number of benzene rings is 1. The predicted octanol–water partition coefficient (Wildman–Crippen LogP) is 2.69. The molecule has 78 valence electrons. The maximum atomic E-state index is 9.12. The number of methoxy groups -OCH3 is 1. The van der Waals surface area contributed by atoms with E-state index in [9.17, 15) is 0 Å². The molecule has 14 heavy (non-hydrogen) atoms. The van der Waals surface area contributed by atoms with Gasteiger partial charge >= 0.3 is 0 Å². The monoisotopic (exact) mass is 258 g/mol. The predicted molar refractivity (Wildman–Crippen MR) is 60.4 cm³/mol. The van der Waals surface area contributed by atoms with Crippen molar-refractivity contribution in [3.63, 3.8) is 0 Å². The summed E-state index contributed by atoms with van der Waals surface area (Å²) in [6.45, 7) is 2.75. The summed E-state index contributed by atoms with van der Waals surface area (Å²) < 4.78 is 6.14. The van der Waals surface area contributed by atoms with Crippen molar-refractivity contribution in [2.24, 2.45) is 0 Å². The molecule has 1 rings (SSSR count). The van der Waals surface area contributed by atoms with Crippen molar-refractivity contribution in [3.05, 3.63) is 33.8 Å². The minimum atomic E-state index is 0.151. The Morgan fingerprint density at radius 1 is 1.50 bits per heavy atom. The van der Waals surface area contributed by atoms with Gasteiger partial charge in [0.25, 0.3) is 0 Å². The zero-order valence-corrected chi connectivity index (χ0v) is 10.0. The summed E-state index contributed by atoms with van der Waals surface area (Å²) in [6, 6.07) is 6.05. The second-order valence-electron chi connectivity index (χ2n) is 3.36. The first-order chi connectivity index (χ1) is 6.69. The lowest BCUT2D eigenvalue weighted by molar-refractivity contribution is 0.183. The van der Waals surface area contributed by atoms with Crippen molar-refractivity contribution < 1.29 is 9.84 Å². The van der Waals surface area contributed by atoms with Gasteiger partial charge in [-0.15, -0.1) is 0 Å². The molecule has 0 aromatic heterocycles. The molecule has 0 heterocycles. The minimum Gasteiger partial charge on any atom is -0.396 e. The number of ether oxygens (including phenoxy) is 1. The van der Waals surface area contributed by atoms with Crippen molar-refractivity contribution in [2.75, 3.05) is 13.7 Å². The average molecular weight is 259 g/mol. The molecule has 1 unspecified atom stereocenters. The molecular formula is C11H15BrO2. The van der Waals surface area contributed by atoms with Gasteiger partial charge in [-0.3, -0.25) is 0 Å². The first-order valence-corrected chi connectivity index (χ1v) is 5.36. The number of hydrogen-bond acceptors (Lipinski definition) is 2. The van der Waals surface area contributed by atoms with E-state index in [2.05, 4.69) is 15.9 Å². The first kappa shape index (κ1) is 11.7. The molecule has 0 fully saturated rings. The molecular weight excluding hydrogens is 244 g/mol. The van der Waals surface area contributed by atoms with E-state index in [1.807, 2.05) is 25.1 Å². The SMILES string of the molecule is COCc1ccc(Br)cc1C(C)CO. The van der Waals surface area contributed by atoms with Crippen LogP contribution in [-0.2, 0) is 11.3 Å². The normalized spacial score (nSPS) is 12.9. The van der Waals surface area contributed by atoms with E-state index in [0.29, 0.717) is 6.61 Å². The van der Waals surface area contributed by atoms with Gasteiger partial charge in [0.1, 0.15) is 0 Å². The van der Waals surface area contributed by atoms with E-state index in [1.165, 1.54) is 0 Å². The van der Waals surface area contributed by atoms with E-state index in [0.717, 1.165) is 15.6 Å². The van der Waals surface area contributed by atoms with Gasteiger partial charge in [-0.2, -0.15) is 0 Å². The van der Waals surface area contributed by atoms with Crippen molar-refractivity contribution >= 4 is 15.9 Å². The summed E-state index contributed by atoms with van der Waals surface area (Å²) in [5.74, 6) is 0.151. The molecule has 0 saturated heterocycles.